The van der Waals surface area contributed by atoms with E-state index in [1.807, 2.05) is 24.3 Å². The number of rotatable bonds is 5. The van der Waals surface area contributed by atoms with Crippen LogP contribution in [0, 0.1) is 0 Å². The number of anilines is 1. The van der Waals surface area contributed by atoms with Gasteiger partial charge in [0, 0.05) is 29.2 Å². The molecule has 0 radical (unpaired) electrons. The molecule has 0 aliphatic rings. The van der Waals surface area contributed by atoms with E-state index in [1.54, 1.807) is 12.1 Å². The number of ether oxygens (including phenoxy) is 2. The van der Waals surface area contributed by atoms with Gasteiger partial charge in [-0.25, -0.2) is 9.78 Å². The summed E-state index contributed by atoms with van der Waals surface area (Å²) in [7, 11) is 1.51. The van der Waals surface area contributed by atoms with E-state index in [2.05, 4.69) is 15.3 Å². The molecule has 8 heteroatoms. The van der Waals surface area contributed by atoms with Crippen LogP contribution in [-0.4, -0.2) is 35.6 Å². The van der Waals surface area contributed by atoms with Gasteiger partial charge in [0.05, 0.1) is 19.0 Å². The van der Waals surface area contributed by atoms with Gasteiger partial charge in [-0.05, 0) is 12.1 Å². The predicted octanol–water partition coefficient (Wildman–Crippen LogP) is 3.18. The Bertz CT molecular complexity index is 1170. The van der Waals surface area contributed by atoms with Crippen molar-refractivity contribution in [2.24, 2.45) is 0 Å². The van der Waals surface area contributed by atoms with Gasteiger partial charge >= 0.3 is 5.97 Å². The fourth-order valence-corrected chi connectivity index (χ4v) is 2.81. The smallest absolute Gasteiger partial charge is 0.359 e. The summed E-state index contributed by atoms with van der Waals surface area (Å²) in [5.41, 5.74) is 1.78. The molecule has 0 aliphatic heterocycles. The molecule has 0 fully saturated rings. The number of nitrogens with one attached hydrogen (secondary N) is 1. The lowest BCUT2D eigenvalue weighted by Gasteiger charge is -2.10. The Kier molecular flexibility index (Phi) is 4.59. The molecule has 8 nitrogen and oxygen atoms in total. The van der Waals surface area contributed by atoms with Gasteiger partial charge in [0.1, 0.15) is 16.9 Å². The molecular weight excluding hydrogens is 362 g/mol. The molecule has 0 aliphatic carbocycles. The van der Waals surface area contributed by atoms with Crippen LogP contribution >= 0.6 is 0 Å². The highest BCUT2D eigenvalue weighted by Crippen LogP contribution is 2.36. The molecule has 0 saturated carbocycles. The van der Waals surface area contributed by atoms with Gasteiger partial charge in [-0.15, -0.1) is 0 Å². The lowest BCUT2D eigenvalue weighted by molar-refractivity contribution is -0.119. The third-order valence-corrected chi connectivity index (χ3v) is 4.08. The number of carbonyl (C=O) groups excluding carboxylic acids is 2. The van der Waals surface area contributed by atoms with Crippen molar-refractivity contribution in [3.8, 4) is 5.75 Å². The molecule has 2 aromatic heterocycles. The van der Waals surface area contributed by atoms with Crippen molar-refractivity contribution < 1.29 is 23.5 Å². The zero-order valence-electron chi connectivity index (χ0n) is 14.8. The summed E-state index contributed by atoms with van der Waals surface area (Å²) in [5.74, 6) is -0.790. The zero-order chi connectivity index (χ0) is 19.5. The monoisotopic (exact) mass is 377 g/mol. The van der Waals surface area contributed by atoms with Crippen molar-refractivity contribution >= 4 is 39.5 Å². The SMILES string of the molecule is COc1cc2c(cc1NC(=O)COC(=O)c1cnccn1)oc1ccccc12. The third-order valence-electron chi connectivity index (χ3n) is 4.08. The Labute approximate surface area is 159 Å². The minimum Gasteiger partial charge on any atom is -0.495 e. The van der Waals surface area contributed by atoms with Crippen molar-refractivity contribution in [3.05, 3.63) is 60.7 Å². The van der Waals surface area contributed by atoms with E-state index in [1.165, 1.54) is 25.7 Å². The maximum atomic E-state index is 12.2. The van der Waals surface area contributed by atoms with Crippen molar-refractivity contribution in [1.82, 2.24) is 9.97 Å². The van der Waals surface area contributed by atoms with Crippen LogP contribution in [-0.2, 0) is 9.53 Å². The lowest BCUT2D eigenvalue weighted by Crippen LogP contribution is -2.21. The predicted molar refractivity (Wildman–Crippen MR) is 101 cm³/mol. The average Bonchev–Trinajstić information content (AvgIpc) is 3.09. The normalized spacial score (nSPS) is 10.8. The molecule has 2 heterocycles. The van der Waals surface area contributed by atoms with Crippen LogP contribution in [0.15, 0.2) is 59.4 Å². The Morgan fingerprint density at radius 1 is 1.11 bits per heavy atom. The minimum atomic E-state index is -0.733. The topological polar surface area (TPSA) is 104 Å². The third kappa shape index (κ3) is 3.35. The number of para-hydroxylation sites is 1. The number of furan rings is 1. The Morgan fingerprint density at radius 2 is 1.96 bits per heavy atom. The number of carbonyl (C=O) groups is 2. The van der Waals surface area contributed by atoms with Gasteiger partial charge in [0.15, 0.2) is 12.3 Å². The molecule has 28 heavy (non-hydrogen) atoms. The first kappa shape index (κ1) is 17.5. The molecule has 1 amide bonds. The van der Waals surface area contributed by atoms with Gasteiger partial charge in [-0.2, -0.15) is 0 Å². The van der Waals surface area contributed by atoms with Crippen LogP contribution in [0.4, 0.5) is 5.69 Å². The van der Waals surface area contributed by atoms with E-state index in [0.717, 1.165) is 16.4 Å². The molecule has 1 N–H and O–H groups in total. The molecular formula is C20H15N3O5. The Hall–Kier alpha value is -3.94. The van der Waals surface area contributed by atoms with Gasteiger partial charge < -0.3 is 19.2 Å². The van der Waals surface area contributed by atoms with Gasteiger partial charge in [-0.3, -0.25) is 9.78 Å². The molecule has 0 atom stereocenters. The Morgan fingerprint density at radius 3 is 2.75 bits per heavy atom. The summed E-state index contributed by atoms with van der Waals surface area (Å²) < 4.78 is 16.2. The maximum Gasteiger partial charge on any atom is 0.359 e. The quantitative estimate of drug-likeness (QED) is 0.533. The summed E-state index contributed by atoms with van der Waals surface area (Å²) >= 11 is 0. The van der Waals surface area contributed by atoms with Gasteiger partial charge in [-0.1, -0.05) is 18.2 Å². The standard InChI is InChI=1S/C20H15N3O5/c1-26-18-8-13-12-4-2-3-5-16(12)28-17(13)9-14(18)23-19(24)11-27-20(25)15-10-21-6-7-22-15/h2-10H,11H2,1H3,(H,23,24). The molecule has 0 unspecified atom stereocenters. The van der Waals surface area contributed by atoms with Gasteiger partial charge in [0.2, 0.25) is 0 Å². The van der Waals surface area contributed by atoms with E-state index in [4.69, 9.17) is 13.9 Å². The van der Waals surface area contributed by atoms with Crippen LogP contribution in [0.1, 0.15) is 10.5 Å². The number of aromatic nitrogens is 2. The van der Waals surface area contributed by atoms with Gasteiger partial charge in [0.25, 0.3) is 5.91 Å². The van der Waals surface area contributed by atoms with Crippen molar-refractivity contribution in [2.45, 2.75) is 0 Å². The second kappa shape index (κ2) is 7.36. The summed E-state index contributed by atoms with van der Waals surface area (Å²) in [6.45, 7) is -0.475. The molecule has 0 saturated heterocycles. The van der Waals surface area contributed by atoms with Crippen LogP contribution in [0.3, 0.4) is 0 Å². The fourth-order valence-electron chi connectivity index (χ4n) is 2.81. The van der Waals surface area contributed by atoms with Crippen LogP contribution in [0.5, 0.6) is 5.75 Å². The first-order chi connectivity index (χ1) is 13.7. The number of methoxy groups -OCH3 is 1. The second-order valence-corrected chi connectivity index (χ2v) is 5.86. The highest BCUT2D eigenvalue weighted by molar-refractivity contribution is 6.08. The first-order valence-electron chi connectivity index (χ1n) is 8.38. The number of benzene rings is 2. The van der Waals surface area contributed by atoms with E-state index in [-0.39, 0.29) is 5.69 Å². The summed E-state index contributed by atoms with van der Waals surface area (Å²) in [6, 6.07) is 11.1. The van der Waals surface area contributed by atoms with Crippen LogP contribution < -0.4 is 10.1 Å². The van der Waals surface area contributed by atoms with E-state index in [0.29, 0.717) is 17.0 Å². The van der Waals surface area contributed by atoms with Crippen molar-refractivity contribution in [3.63, 3.8) is 0 Å². The number of hydrogen-bond acceptors (Lipinski definition) is 7. The average molecular weight is 377 g/mol. The zero-order valence-corrected chi connectivity index (χ0v) is 14.8. The van der Waals surface area contributed by atoms with Crippen LogP contribution in [0.25, 0.3) is 21.9 Å². The molecule has 4 rings (SSSR count). The number of nitrogens with zero attached hydrogens (tertiary/aromatic N) is 2. The second-order valence-electron chi connectivity index (χ2n) is 5.86. The summed E-state index contributed by atoms with van der Waals surface area (Å²) in [4.78, 5) is 31.7. The first-order valence-corrected chi connectivity index (χ1v) is 8.38. The molecule has 0 spiro atoms. The minimum absolute atomic E-state index is 0.0246. The number of fused-ring (bicyclic) bond motifs is 3. The summed E-state index contributed by atoms with van der Waals surface area (Å²) in [5, 5.41) is 4.49. The molecule has 140 valence electrons. The van der Waals surface area contributed by atoms with E-state index >= 15 is 0 Å². The molecule has 0 bridgehead atoms. The van der Waals surface area contributed by atoms with Crippen molar-refractivity contribution in [2.75, 3.05) is 19.0 Å². The highest BCUT2D eigenvalue weighted by atomic mass is 16.5. The lowest BCUT2D eigenvalue weighted by atomic mass is 10.1. The van der Waals surface area contributed by atoms with Crippen LogP contribution in [0.2, 0.25) is 0 Å². The highest BCUT2D eigenvalue weighted by Gasteiger charge is 2.16. The summed E-state index contributed by atoms with van der Waals surface area (Å²) in [6.07, 6.45) is 4.06. The number of esters is 1. The number of hydrogen-bond donors (Lipinski definition) is 1. The number of amides is 1. The van der Waals surface area contributed by atoms with E-state index in [9.17, 15) is 9.59 Å². The fraction of sp³-hybridized carbons (Fsp3) is 0.100. The maximum absolute atomic E-state index is 12.2. The largest absolute Gasteiger partial charge is 0.495 e. The molecule has 4 aromatic rings. The molecule has 2 aromatic carbocycles. The van der Waals surface area contributed by atoms with E-state index < -0.39 is 18.5 Å². The Balaban J connectivity index is 1.52. The van der Waals surface area contributed by atoms with Crippen molar-refractivity contribution in [1.29, 1.82) is 0 Å².